The highest BCUT2D eigenvalue weighted by Gasteiger charge is 2.20. The van der Waals surface area contributed by atoms with Crippen molar-refractivity contribution in [2.75, 3.05) is 10.0 Å². The maximum Gasteiger partial charge on any atom is 0.259 e. The molecule has 6 nitrogen and oxygen atoms in total. The topological polar surface area (TPSA) is 88.2 Å². The largest absolute Gasteiger partial charge is 0.298 e. The van der Waals surface area contributed by atoms with Crippen LogP contribution in [0.4, 0.5) is 10.8 Å². The number of benzene rings is 2. The molecule has 2 aromatic carbocycles. The Balaban J connectivity index is 1.84. The minimum atomic E-state index is -3.58. The van der Waals surface area contributed by atoms with Gasteiger partial charge in [-0.05, 0) is 50.6 Å². The second-order valence-electron chi connectivity index (χ2n) is 6.74. The third-order valence-corrected chi connectivity index (χ3v) is 7.19. The van der Waals surface area contributed by atoms with Crippen LogP contribution in [0.3, 0.4) is 0 Å². The first kappa shape index (κ1) is 21.5. The highest BCUT2D eigenvalue weighted by molar-refractivity contribution is 9.10. The van der Waals surface area contributed by atoms with Gasteiger partial charge in [-0.3, -0.25) is 14.8 Å². The van der Waals surface area contributed by atoms with Crippen LogP contribution in [-0.2, 0) is 10.0 Å². The number of carbonyl (C=O) groups excluding carboxylic acids is 1. The molecule has 0 aliphatic rings. The minimum Gasteiger partial charge on any atom is -0.298 e. The van der Waals surface area contributed by atoms with Crippen LogP contribution in [0.5, 0.6) is 0 Å². The van der Waals surface area contributed by atoms with Crippen molar-refractivity contribution in [3.63, 3.8) is 0 Å². The van der Waals surface area contributed by atoms with Crippen molar-refractivity contribution in [2.24, 2.45) is 0 Å². The van der Waals surface area contributed by atoms with Gasteiger partial charge in [0, 0.05) is 15.4 Å². The number of aromatic nitrogens is 1. The molecule has 0 saturated carbocycles. The lowest BCUT2D eigenvalue weighted by molar-refractivity contribution is 0.102. The molecule has 29 heavy (non-hydrogen) atoms. The molecule has 3 rings (SSSR count). The molecule has 1 amide bonds. The fourth-order valence-electron chi connectivity index (χ4n) is 2.46. The maximum atomic E-state index is 12.8. The van der Waals surface area contributed by atoms with E-state index >= 15 is 0 Å². The number of carbonyl (C=O) groups is 1. The summed E-state index contributed by atoms with van der Waals surface area (Å²) in [7, 11) is -3.58. The van der Waals surface area contributed by atoms with Crippen molar-refractivity contribution in [3.05, 3.63) is 63.4 Å². The summed E-state index contributed by atoms with van der Waals surface area (Å²) in [5.41, 5.74) is 3.02. The van der Waals surface area contributed by atoms with Gasteiger partial charge in [-0.25, -0.2) is 13.4 Å². The lowest BCUT2D eigenvalue weighted by Crippen LogP contribution is -2.24. The van der Waals surface area contributed by atoms with Gasteiger partial charge >= 0.3 is 0 Å². The molecule has 9 heteroatoms. The van der Waals surface area contributed by atoms with Crippen LogP contribution in [0.2, 0.25) is 0 Å². The average molecular weight is 494 g/mol. The van der Waals surface area contributed by atoms with Gasteiger partial charge in [0.25, 0.3) is 5.91 Å². The van der Waals surface area contributed by atoms with Crippen LogP contribution in [0.25, 0.3) is 11.3 Å². The number of hydrogen-bond acceptors (Lipinski definition) is 5. The fourth-order valence-corrected chi connectivity index (χ4v) is 4.15. The van der Waals surface area contributed by atoms with Gasteiger partial charge in [-0.15, -0.1) is 11.3 Å². The van der Waals surface area contributed by atoms with E-state index in [-0.39, 0.29) is 11.3 Å². The Bertz CT molecular complexity index is 1140. The summed E-state index contributed by atoms with van der Waals surface area (Å²) >= 11 is 4.70. The Morgan fingerprint density at radius 1 is 1.14 bits per heavy atom. The number of nitrogens with zero attached hydrogens (tertiary/aromatic N) is 1. The third kappa shape index (κ3) is 5.23. The van der Waals surface area contributed by atoms with Crippen LogP contribution in [-0.4, -0.2) is 24.6 Å². The number of sulfonamides is 1. The van der Waals surface area contributed by atoms with Crippen molar-refractivity contribution >= 4 is 54.0 Å². The zero-order chi connectivity index (χ0) is 21.2. The van der Waals surface area contributed by atoms with Crippen LogP contribution < -0.4 is 10.0 Å². The standard InChI is InChI=1S/C20H20BrN3O3S2/c1-12(2)29(26,27)24-17-10-13(3)4-9-16(17)19(25)23-20-22-18(11-28-20)14-5-7-15(21)8-6-14/h4-12,24H,1-3H3,(H,22,23,25). The molecule has 3 aromatic rings. The van der Waals surface area contributed by atoms with E-state index in [9.17, 15) is 13.2 Å². The molecule has 0 saturated heterocycles. The molecule has 1 heterocycles. The van der Waals surface area contributed by atoms with E-state index in [1.807, 2.05) is 36.6 Å². The van der Waals surface area contributed by atoms with E-state index in [4.69, 9.17) is 0 Å². The average Bonchev–Trinajstić information content (AvgIpc) is 3.10. The number of halogens is 1. The summed E-state index contributed by atoms with van der Waals surface area (Å²) < 4.78 is 28.0. The molecule has 152 valence electrons. The molecule has 0 atom stereocenters. The second-order valence-corrected chi connectivity index (χ2v) is 10.8. The maximum absolute atomic E-state index is 12.8. The number of hydrogen-bond donors (Lipinski definition) is 2. The van der Waals surface area contributed by atoms with Crippen molar-refractivity contribution in [3.8, 4) is 11.3 Å². The summed E-state index contributed by atoms with van der Waals surface area (Å²) in [6.07, 6.45) is 0. The SMILES string of the molecule is Cc1ccc(C(=O)Nc2nc(-c3ccc(Br)cc3)cs2)c(NS(=O)(=O)C(C)C)c1. The van der Waals surface area contributed by atoms with E-state index in [0.29, 0.717) is 5.13 Å². The predicted octanol–water partition coefficient (Wildman–Crippen LogP) is 5.28. The number of thiazole rings is 1. The van der Waals surface area contributed by atoms with Gasteiger partial charge in [0.1, 0.15) is 0 Å². The van der Waals surface area contributed by atoms with Gasteiger partial charge in [-0.1, -0.05) is 34.1 Å². The van der Waals surface area contributed by atoms with Crippen LogP contribution >= 0.6 is 27.3 Å². The van der Waals surface area contributed by atoms with Crippen molar-refractivity contribution in [2.45, 2.75) is 26.0 Å². The van der Waals surface area contributed by atoms with E-state index in [1.54, 1.807) is 32.0 Å². The molecular formula is C20H20BrN3O3S2. The first-order valence-electron chi connectivity index (χ1n) is 8.81. The monoisotopic (exact) mass is 493 g/mol. The first-order valence-corrected chi connectivity index (χ1v) is 12.0. The van der Waals surface area contributed by atoms with Crippen LogP contribution in [0.15, 0.2) is 52.3 Å². The quantitative estimate of drug-likeness (QED) is 0.488. The molecule has 1 aromatic heterocycles. The first-order chi connectivity index (χ1) is 13.7. The molecule has 0 fully saturated rings. The second kappa shape index (κ2) is 8.64. The highest BCUT2D eigenvalue weighted by atomic mass is 79.9. The van der Waals surface area contributed by atoms with Gasteiger partial charge in [0.05, 0.1) is 22.2 Å². The normalized spacial score (nSPS) is 11.5. The summed E-state index contributed by atoms with van der Waals surface area (Å²) in [4.78, 5) is 17.3. The zero-order valence-electron chi connectivity index (χ0n) is 16.1. The summed E-state index contributed by atoms with van der Waals surface area (Å²) in [6, 6.07) is 12.7. The third-order valence-electron chi connectivity index (χ3n) is 4.16. The molecule has 0 bridgehead atoms. The van der Waals surface area contributed by atoms with Gasteiger partial charge in [0.2, 0.25) is 10.0 Å². The van der Waals surface area contributed by atoms with Gasteiger partial charge < -0.3 is 0 Å². The van der Waals surface area contributed by atoms with Crippen LogP contribution in [0.1, 0.15) is 29.8 Å². The molecule has 0 aliphatic heterocycles. The minimum absolute atomic E-state index is 0.236. The Kier molecular flexibility index (Phi) is 6.40. The van der Waals surface area contributed by atoms with Crippen molar-refractivity contribution < 1.29 is 13.2 Å². The van der Waals surface area contributed by atoms with E-state index in [1.165, 1.54) is 11.3 Å². The number of rotatable bonds is 6. The molecular weight excluding hydrogens is 474 g/mol. The number of aryl methyl sites for hydroxylation is 1. The predicted molar refractivity (Wildman–Crippen MR) is 122 cm³/mol. The molecule has 0 unspecified atom stereocenters. The molecule has 0 radical (unpaired) electrons. The molecule has 0 aliphatic carbocycles. The zero-order valence-corrected chi connectivity index (χ0v) is 19.3. The Morgan fingerprint density at radius 2 is 1.83 bits per heavy atom. The number of nitrogens with one attached hydrogen (secondary N) is 2. The van der Waals surface area contributed by atoms with Crippen molar-refractivity contribution in [1.29, 1.82) is 0 Å². The lowest BCUT2D eigenvalue weighted by atomic mass is 10.1. The Hall–Kier alpha value is -2.23. The molecule has 0 spiro atoms. The number of amides is 1. The Labute approximate surface area is 182 Å². The van der Waals surface area contributed by atoms with E-state index in [2.05, 4.69) is 31.0 Å². The lowest BCUT2D eigenvalue weighted by Gasteiger charge is -2.14. The molecule has 2 N–H and O–H groups in total. The van der Waals surface area contributed by atoms with Gasteiger partial charge in [-0.2, -0.15) is 0 Å². The highest BCUT2D eigenvalue weighted by Crippen LogP contribution is 2.27. The summed E-state index contributed by atoms with van der Waals surface area (Å²) in [6.45, 7) is 4.99. The van der Waals surface area contributed by atoms with Crippen LogP contribution in [0, 0.1) is 6.92 Å². The Morgan fingerprint density at radius 3 is 2.48 bits per heavy atom. The van der Waals surface area contributed by atoms with E-state index < -0.39 is 21.2 Å². The summed E-state index contributed by atoms with van der Waals surface area (Å²) in [5.74, 6) is -0.428. The van der Waals surface area contributed by atoms with E-state index in [0.717, 1.165) is 21.3 Å². The fraction of sp³-hybridized carbons (Fsp3) is 0.200. The smallest absolute Gasteiger partial charge is 0.259 e. The van der Waals surface area contributed by atoms with Crippen molar-refractivity contribution in [1.82, 2.24) is 4.98 Å². The number of anilines is 2. The summed E-state index contributed by atoms with van der Waals surface area (Å²) in [5, 5.41) is 4.43. The van der Waals surface area contributed by atoms with Gasteiger partial charge in [0.15, 0.2) is 5.13 Å².